The number of rotatable bonds is 1. The van der Waals surface area contributed by atoms with Crippen molar-refractivity contribution in [3.63, 3.8) is 0 Å². The second kappa shape index (κ2) is 4.00. The number of carbonyl (C=O) groups excluding carboxylic acids is 1. The molecule has 2 atom stereocenters. The zero-order valence-corrected chi connectivity index (χ0v) is 9.96. The molecular weight excluding hydrogens is 194 g/mol. The van der Waals surface area contributed by atoms with Gasteiger partial charge in [0.05, 0.1) is 11.6 Å². The number of aliphatic hydroxyl groups is 1. The molecule has 1 saturated carbocycles. The van der Waals surface area contributed by atoms with E-state index in [-0.39, 0.29) is 6.04 Å². The molecule has 0 bridgehead atoms. The highest BCUT2D eigenvalue weighted by Gasteiger charge is 2.38. The number of hydrogen-bond acceptors (Lipinski definition) is 3. The van der Waals surface area contributed by atoms with Crippen LogP contribution in [0.15, 0.2) is 0 Å². The molecule has 0 saturated heterocycles. The Balaban J connectivity index is 2.45. The molecule has 15 heavy (non-hydrogen) atoms. The predicted octanol–water partition coefficient (Wildman–Crippen LogP) is 1.81. The van der Waals surface area contributed by atoms with Crippen LogP contribution < -0.4 is 5.32 Å². The van der Waals surface area contributed by atoms with Gasteiger partial charge in [-0.2, -0.15) is 0 Å². The number of nitrogens with one attached hydrogen (secondary N) is 1. The van der Waals surface area contributed by atoms with Crippen LogP contribution in [0.3, 0.4) is 0 Å². The Hall–Kier alpha value is -0.770. The Morgan fingerprint density at radius 1 is 1.53 bits per heavy atom. The van der Waals surface area contributed by atoms with Crippen molar-refractivity contribution in [3.8, 4) is 0 Å². The topological polar surface area (TPSA) is 58.6 Å². The molecule has 4 nitrogen and oxygen atoms in total. The van der Waals surface area contributed by atoms with Crippen molar-refractivity contribution < 1.29 is 14.6 Å². The summed E-state index contributed by atoms with van der Waals surface area (Å²) in [4.78, 5) is 11.5. The van der Waals surface area contributed by atoms with E-state index in [0.717, 1.165) is 19.3 Å². The lowest BCUT2D eigenvalue weighted by atomic mass is 10.0. The van der Waals surface area contributed by atoms with Gasteiger partial charge in [-0.05, 0) is 47.0 Å². The highest BCUT2D eigenvalue weighted by atomic mass is 16.6. The van der Waals surface area contributed by atoms with Crippen LogP contribution >= 0.6 is 0 Å². The maximum absolute atomic E-state index is 11.5. The molecule has 88 valence electrons. The smallest absolute Gasteiger partial charge is 0.407 e. The van der Waals surface area contributed by atoms with Gasteiger partial charge in [-0.15, -0.1) is 0 Å². The van der Waals surface area contributed by atoms with Crippen molar-refractivity contribution in [2.75, 3.05) is 0 Å². The van der Waals surface area contributed by atoms with E-state index in [1.807, 2.05) is 20.8 Å². The summed E-state index contributed by atoms with van der Waals surface area (Å²) in [5, 5.41) is 12.6. The molecule has 0 radical (unpaired) electrons. The van der Waals surface area contributed by atoms with Crippen molar-refractivity contribution in [2.45, 2.75) is 64.2 Å². The Kier molecular flexibility index (Phi) is 3.28. The number of alkyl carbamates (subject to hydrolysis) is 1. The molecule has 0 aromatic carbocycles. The monoisotopic (exact) mass is 215 g/mol. The average molecular weight is 215 g/mol. The minimum absolute atomic E-state index is 0.188. The Labute approximate surface area is 91.0 Å². The van der Waals surface area contributed by atoms with Gasteiger partial charge >= 0.3 is 6.09 Å². The Morgan fingerprint density at radius 2 is 2.13 bits per heavy atom. The van der Waals surface area contributed by atoms with Gasteiger partial charge in [0, 0.05) is 0 Å². The van der Waals surface area contributed by atoms with Crippen molar-refractivity contribution in [2.24, 2.45) is 0 Å². The molecule has 1 unspecified atom stereocenters. The SMILES string of the molecule is CC(C)(C)OC(=O)N[C@@H]1CCCC1(C)O. The molecular formula is C11H21NO3. The van der Waals surface area contributed by atoms with Gasteiger partial charge in [0.2, 0.25) is 0 Å². The average Bonchev–Trinajstić information content (AvgIpc) is 2.26. The molecule has 1 aliphatic rings. The minimum Gasteiger partial charge on any atom is -0.444 e. The zero-order chi connectivity index (χ0) is 11.7. The largest absolute Gasteiger partial charge is 0.444 e. The number of hydrogen-bond donors (Lipinski definition) is 2. The van der Waals surface area contributed by atoms with Gasteiger partial charge in [0.25, 0.3) is 0 Å². The summed E-state index contributed by atoms with van der Waals surface area (Å²) >= 11 is 0. The molecule has 0 aromatic rings. The van der Waals surface area contributed by atoms with Gasteiger partial charge in [0.1, 0.15) is 5.60 Å². The third-order valence-corrected chi connectivity index (χ3v) is 2.62. The number of amides is 1. The van der Waals surface area contributed by atoms with Gasteiger partial charge in [-0.3, -0.25) is 0 Å². The molecule has 0 aliphatic heterocycles. The fraction of sp³-hybridized carbons (Fsp3) is 0.909. The lowest BCUT2D eigenvalue weighted by molar-refractivity contribution is 0.0195. The third kappa shape index (κ3) is 3.70. The molecule has 4 heteroatoms. The molecule has 0 heterocycles. The van der Waals surface area contributed by atoms with E-state index in [9.17, 15) is 9.90 Å². The highest BCUT2D eigenvalue weighted by Crippen LogP contribution is 2.29. The molecule has 0 spiro atoms. The van der Waals surface area contributed by atoms with Gasteiger partial charge in [0.15, 0.2) is 0 Å². The minimum atomic E-state index is -0.795. The van der Waals surface area contributed by atoms with Crippen molar-refractivity contribution in [1.82, 2.24) is 5.32 Å². The maximum atomic E-state index is 11.5. The Morgan fingerprint density at radius 3 is 2.53 bits per heavy atom. The van der Waals surface area contributed by atoms with E-state index in [1.54, 1.807) is 6.92 Å². The summed E-state index contributed by atoms with van der Waals surface area (Å²) in [6, 6.07) is -0.188. The fourth-order valence-electron chi connectivity index (χ4n) is 1.83. The van der Waals surface area contributed by atoms with E-state index in [0.29, 0.717) is 0 Å². The van der Waals surface area contributed by atoms with E-state index < -0.39 is 17.3 Å². The standard InChI is InChI=1S/C11H21NO3/c1-10(2,3)15-9(13)12-8-6-5-7-11(8,4)14/h8,14H,5-7H2,1-4H3,(H,12,13)/t8-,11?/m1/s1. The molecule has 0 aromatic heterocycles. The van der Waals surface area contributed by atoms with Crippen LogP contribution in [0.2, 0.25) is 0 Å². The van der Waals surface area contributed by atoms with Crippen molar-refractivity contribution >= 4 is 6.09 Å². The van der Waals surface area contributed by atoms with Crippen LogP contribution in [0.4, 0.5) is 4.79 Å². The van der Waals surface area contributed by atoms with Crippen LogP contribution in [-0.4, -0.2) is 28.4 Å². The summed E-state index contributed by atoms with van der Waals surface area (Å²) in [5.41, 5.74) is -1.29. The second-order valence-electron chi connectivity index (χ2n) is 5.45. The summed E-state index contributed by atoms with van der Waals surface area (Å²) in [5.74, 6) is 0. The summed E-state index contributed by atoms with van der Waals surface area (Å²) in [7, 11) is 0. The number of carbonyl (C=O) groups is 1. The Bertz CT molecular complexity index is 243. The van der Waals surface area contributed by atoms with E-state index in [2.05, 4.69) is 5.32 Å². The van der Waals surface area contributed by atoms with E-state index in [1.165, 1.54) is 0 Å². The molecule has 1 fully saturated rings. The normalized spacial score (nSPS) is 31.4. The first-order valence-corrected chi connectivity index (χ1v) is 5.43. The first-order chi connectivity index (χ1) is 6.71. The first-order valence-electron chi connectivity index (χ1n) is 5.43. The summed E-state index contributed by atoms with van der Waals surface area (Å²) in [6.07, 6.45) is 2.03. The molecule has 1 amide bonds. The second-order valence-corrected chi connectivity index (χ2v) is 5.45. The lowest BCUT2D eigenvalue weighted by Crippen LogP contribution is -2.48. The maximum Gasteiger partial charge on any atom is 0.407 e. The van der Waals surface area contributed by atoms with E-state index >= 15 is 0 Å². The van der Waals surface area contributed by atoms with Gasteiger partial charge in [-0.1, -0.05) is 0 Å². The summed E-state index contributed by atoms with van der Waals surface area (Å²) < 4.78 is 5.13. The van der Waals surface area contributed by atoms with Crippen LogP contribution in [0, 0.1) is 0 Å². The quantitative estimate of drug-likeness (QED) is 0.701. The predicted molar refractivity (Wildman–Crippen MR) is 57.6 cm³/mol. The van der Waals surface area contributed by atoms with Gasteiger partial charge in [-0.25, -0.2) is 4.79 Å². The lowest BCUT2D eigenvalue weighted by Gasteiger charge is -2.28. The van der Waals surface area contributed by atoms with Crippen LogP contribution in [0.5, 0.6) is 0 Å². The van der Waals surface area contributed by atoms with Crippen LogP contribution in [-0.2, 0) is 4.74 Å². The van der Waals surface area contributed by atoms with Crippen LogP contribution in [0.25, 0.3) is 0 Å². The molecule has 1 rings (SSSR count). The highest BCUT2D eigenvalue weighted by molar-refractivity contribution is 5.68. The first kappa shape index (κ1) is 12.3. The van der Waals surface area contributed by atoms with Crippen LogP contribution in [0.1, 0.15) is 47.0 Å². The van der Waals surface area contributed by atoms with Crippen molar-refractivity contribution in [1.29, 1.82) is 0 Å². The van der Waals surface area contributed by atoms with E-state index in [4.69, 9.17) is 4.74 Å². The molecule has 2 N–H and O–H groups in total. The third-order valence-electron chi connectivity index (χ3n) is 2.62. The van der Waals surface area contributed by atoms with Crippen molar-refractivity contribution in [3.05, 3.63) is 0 Å². The molecule has 1 aliphatic carbocycles. The zero-order valence-electron chi connectivity index (χ0n) is 9.96. The number of ether oxygens (including phenoxy) is 1. The fourth-order valence-corrected chi connectivity index (χ4v) is 1.83. The van der Waals surface area contributed by atoms with Gasteiger partial charge < -0.3 is 15.2 Å². The summed E-state index contributed by atoms with van der Waals surface area (Å²) in [6.45, 7) is 7.21.